The van der Waals surface area contributed by atoms with Crippen molar-refractivity contribution in [3.8, 4) is 0 Å². The molecule has 0 spiro atoms. The maximum Gasteiger partial charge on any atom is 0.193 e. The van der Waals surface area contributed by atoms with Gasteiger partial charge in [0, 0.05) is 24.6 Å². The third-order valence-corrected chi connectivity index (χ3v) is 3.87. The number of aliphatic imine (C=N–C) groups is 1. The second-order valence-electron chi connectivity index (χ2n) is 6.25. The predicted octanol–water partition coefficient (Wildman–Crippen LogP) is 3.48. The van der Waals surface area contributed by atoms with Crippen molar-refractivity contribution < 1.29 is 0 Å². The maximum atomic E-state index is 6.00. The number of rotatable bonds is 5. The first-order chi connectivity index (χ1) is 12.1. The lowest BCUT2D eigenvalue weighted by atomic mass is 10.1. The monoisotopic (exact) mass is 333 g/mol. The van der Waals surface area contributed by atoms with Gasteiger partial charge in [0.1, 0.15) is 0 Å². The summed E-state index contributed by atoms with van der Waals surface area (Å²) in [4.78, 5) is 8.48. The number of nitrogens with zero attached hydrogens (tertiary/aromatic N) is 3. The zero-order valence-electron chi connectivity index (χ0n) is 14.6. The number of hydrogen-bond donors (Lipinski definition) is 2. The smallest absolute Gasteiger partial charge is 0.193 e. The van der Waals surface area contributed by atoms with Gasteiger partial charge in [-0.2, -0.15) is 0 Å². The van der Waals surface area contributed by atoms with E-state index in [0.717, 1.165) is 17.8 Å². The van der Waals surface area contributed by atoms with Crippen LogP contribution in [0.15, 0.2) is 66.2 Å². The van der Waals surface area contributed by atoms with Crippen LogP contribution in [0.2, 0.25) is 0 Å². The summed E-state index contributed by atoms with van der Waals surface area (Å²) >= 11 is 0. The number of nitrogens with two attached hydrogens (primary N) is 1. The molecule has 0 radical (unpaired) electrons. The highest BCUT2D eigenvalue weighted by molar-refractivity contribution is 5.92. The number of imidazole rings is 1. The van der Waals surface area contributed by atoms with Gasteiger partial charge in [-0.25, -0.2) is 9.98 Å². The van der Waals surface area contributed by atoms with Crippen LogP contribution in [0.3, 0.4) is 0 Å². The molecular formula is C20H23N5. The second-order valence-corrected chi connectivity index (χ2v) is 6.25. The number of aromatic nitrogens is 2. The van der Waals surface area contributed by atoms with Gasteiger partial charge in [0.25, 0.3) is 0 Å². The van der Waals surface area contributed by atoms with E-state index in [9.17, 15) is 0 Å². The van der Waals surface area contributed by atoms with E-state index >= 15 is 0 Å². The third-order valence-electron chi connectivity index (χ3n) is 3.87. The highest BCUT2D eigenvalue weighted by Gasteiger charge is 1.99. The topological polar surface area (TPSA) is 68.2 Å². The van der Waals surface area contributed by atoms with Gasteiger partial charge < -0.3 is 15.6 Å². The van der Waals surface area contributed by atoms with Gasteiger partial charge >= 0.3 is 0 Å². The van der Waals surface area contributed by atoms with E-state index in [4.69, 9.17) is 5.73 Å². The Hall–Kier alpha value is -3.08. The summed E-state index contributed by atoms with van der Waals surface area (Å²) in [6, 6.07) is 14.6. The van der Waals surface area contributed by atoms with E-state index in [2.05, 4.69) is 71.6 Å². The van der Waals surface area contributed by atoms with Crippen LogP contribution in [0.4, 0.5) is 5.69 Å². The molecule has 0 amide bonds. The van der Waals surface area contributed by atoms with Gasteiger partial charge in [-0.3, -0.25) is 0 Å². The minimum atomic E-state index is 0.424. The van der Waals surface area contributed by atoms with Crippen molar-refractivity contribution in [3.05, 3.63) is 83.4 Å². The number of guanidine groups is 1. The van der Waals surface area contributed by atoms with E-state index < -0.39 is 0 Å². The van der Waals surface area contributed by atoms with Crippen molar-refractivity contribution in [1.29, 1.82) is 0 Å². The highest BCUT2D eigenvalue weighted by atomic mass is 15.1. The average Bonchev–Trinajstić information content (AvgIpc) is 3.06. The molecule has 0 fully saturated rings. The Kier molecular flexibility index (Phi) is 5.14. The molecule has 3 rings (SSSR count). The highest BCUT2D eigenvalue weighted by Crippen LogP contribution is 2.13. The Labute approximate surface area is 148 Å². The Morgan fingerprint density at radius 1 is 1.08 bits per heavy atom. The molecule has 0 aliphatic carbocycles. The second kappa shape index (κ2) is 7.66. The molecule has 5 nitrogen and oxygen atoms in total. The summed E-state index contributed by atoms with van der Waals surface area (Å²) in [6.45, 7) is 5.50. The van der Waals surface area contributed by atoms with Crippen LogP contribution >= 0.6 is 0 Å². The van der Waals surface area contributed by atoms with Crippen LogP contribution in [-0.2, 0) is 13.1 Å². The third kappa shape index (κ3) is 4.94. The number of benzene rings is 2. The van der Waals surface area contributed by atoms with E-state index in [-0.39, 0.29) is 0 Å². The lowest BCUT2D eigenvalue weighted by Crippen LogP contribution is -2.22. The van der Waals surface area contributed by atoms with E-state index in [1.807, 2.05) is 17.1 Å². The van der Waals surface area contributed by atoms with Gasteiger partial charge in [0.2, 0.25) is 0 Å². The normalized spacial score (nSPS) is 11.5. The van der Waals surface area contributed by atoms with Crippen LogP contribution in [-0.4, -0.2) is 15.5 Å². The Balaban J connectivity index is 1.58. The lowest BCUT2D eigenvalue weighted by Gasteiger charge is -2.08. The van der Waals surface area contributed by atoms with Crippen LogP contribution in [0, 0.1) is 13.8 Å². The summed E-state index contributed by atoms with van der Waals surface area (Å²) in [5.41, 5.74) is 11.7. The molecule has 0 atom stereocenters. The average molecular weight is 333 g/mol. The molecule has 0 bridgehead atoms. The molecule has 3 N–H and O–H groups in total. The summed E-state index contributed by atoms with van der Waals surface area (Å²) in [5.74, 6) is 0.424. The number of nitrogens with one attached hydrogen (secondary N) is 1. The van der Waals surface area contributed by atoms with Gasteiger partial charge in [-0.15, -0.1) is 0 Å². The Morgan fingerprint density at radius 3 is 2.40 bits per heavy atom. The Morgan fingerprint density at radius 2 is 1.76 bits per heavy atom. The molecule has 0 aliphatic rings. The molecule has 25 heavy (non-hydrogen) atoms. The molecule has 128 valence electrons. The van der Waals surface area contributed by atoms with Gasteiger partial charge in [0.05, 0.1) is 12.9 Å². The summed E-state index contributed by atoms with van der Waals surface area (Å²) in [6.07, 6.45) is 5.56. The minimum Gasteiger partial charge on any atom is -0.370 e. The fourth-order valence-electron chi connectivity index (χ4n) is 2.75. The molecule has 0 unspecified atom stereocenters. The van der Waals surface area contributed by atoms with Crippen molar-refractivity contribution >= 4 is 11.6 Å². The van der Waals surface area contributed by atoms with Crippen LogP contribution < -0.4 is 11.1 Å². The van der Waals surface area contributed by atoms with Crippen LogP contribution in [0.5, 0.6) is 0 Å². The molecular weight excluding hydrogens is 310 g/mol. The SMILES string of the molecule is Cc1cc(C)cc(NC(N)=NCc2ccc(Cn3ccnc3)cc2)c1. The van der Waals surface area contributed by atoms with Crippen molar-refractivity contribution in [2.75, 3.05) is 5.32 Å². The number of anilines is 1. The van der Waals surface area contributed by atoms with Gasteiger partial charge in [-0.1, -0.05) is 30.3 Å². The van der Waals surface area contributed by atoms with E-state index in [0.29, 0.717) is 12.5 Å². The summed E-state index contributed by atoms with van der Waals surface area (Å²) < 4.78 is 2.04. The first kappa shape index (κ1) is 16.8. The largest absolute Gasteiger partial charge is 0.370 e. The van der Waals surface area contributed by atoms with Crippen molar-refractivity contribution in [2.45, 2.75) is 26.9 Å². The standard InChI is InChI=1S/C20H23N5/c1-15-9-16(2)11-19(10-15)24-20(21)23-12-17-3-5-18(6-4-17)13-25-8-7-22-14-25/h3-11,14H,12-13H2,1-2H3,(H3,21,23,24). The number of hydrogen-bond acceptors (Lipinski definition) is 2. The van der Waals surface area contributed by atoms with E-state index in [1.165, 1.54) is 16.7 Å². The fourth-order valence-corrected chi connectivity index (χ4v) is 2.75. The van der Waals surface area contributed by atoms with Crippen LogP contribution in [0.1, 0.15) is 22.3 Å². The maximum absolute atomic E-state index is 6.00. The molecule has 0 saturated carbocycles. The minimum absolute atomic E-state index is 0.424. The fraction of sp³-hybridized carbons (Fsp3) is 0.200. The molecule has 5 heteroatoms. The molecule has 2 aromatic carbocycles. The number of aryl methyl sites for hydroxylation is 2. The van der Waals surface area contributed by atoms with Gasteiger partial charge in [0.15, 0.2) is 5.96 Å². The summed E-state index contributed by atoms with van der Waals surface area (Å²) in [5, 5.41) is 3.15. The zero-order chi connectivity index (χ0) is 17.6. The molecule has 1 heterocycles. The van der Waals surface area contributed by atoms with Crippen molar-refractivity contribution in [2.24, 2.45) is 10.7 Å². The Bertz CT molecular complexity index is 828. The zero-order valence-corrected chi connectivity index (χ0v) is 14.6. The molecule has 3 aromatic rings. The lowest BCUT2D eigenvalue weighted by molar-refractivity contribution is 0.796. The predicted molar refractivity (Wildman–Crippen MR) is 103 cm³/mol. The molecule has 0 saturated heterocycles. The quantitative estimate of drug-likeness (QED) is 0.555. The van der Waals surface area contributed by atoms with E-state index in [1.54, 1.807) is 6.20 Å². The van der Waals surface area contributed by atoms with Crippen molar-refractivity contribution in [3.63, 3.8) is 0 Å². The first-order valence-electron chi connectivity index (χ1n) is 8.27. The first-order valence-corrected chi connectivity index (χ1v) is 8.27. The summed E-state index contributed by atoms with van der Waals surface area (Å²) in [7, 11) is 0. The molecule has 0 aliphatic heterocycles. The van der Waals surface area contributed by atoms with Gasteiger partial charge in [-0.05, 0) is 48.2 Å². The molecule has 1 aromatic heterocycles. The van der Waals surface area contributed by atoms with Crippen molar-refractivity contribution in [1.82, 2.24) is 9.55 Å². The van der Waals surface area contributed by atoms with Crippen LogP contribution in [0.25, 0.3) is 0 Å².